The highest BCUT2D eigenvalue weighted by atomic mass is 32.1. The lowest BCUT2D eigenvalue weighted by molar-refractivity contribution is -0.143. The Hall–Kier alpha value is -2.21. The van der Waals surface area contributed by atoms with Gasteiger partial charge in [-0.3, -0.25) is 9.59 Å². The Morgan fingerprint density at radius 2 is 2.05 bits per heavy atom. The second-order valence-electron chi connectivity index (χ2n) is 3.90. The molecule has 0 unspecified atom stereocenters. The topological polar surface area (TPSA) is 60.7 Å². The predicted octanol–water partition coefficient (Wildman–Crippen LogP) is 1.85. The summed E-state index contributed by atoms with van der Waals surface area (Å²) < 4.78 is 6.48. The van der Waals surface area contributed by atoms with Crippen LogP contribution in [0, 0.1) is 0 Å². The van der Waals surface area contributed by atoms with Gasteiger partial charge in [0.2, 0.25) is 0 Å². The van der Waals surface area contributed by atoms with Crippen molar-refractivity contribution in [2.24, 2.45) is 4.99 Å². The molecule has 0 radical (unpaired) electrons. The van der Waals surface area contributed by atoms with Gasteiger partial charge in [-0.15, -0.1) is 11.3 Å². The van der Waals surface area contributed by atoms with Crippen LogP contribution in [0.15, 0.2) is 46.9 Å². The first-order valence-electron chi connectivity index (χ1n) is 6.14. The van der Waals surface area contributed by atoms with E-state index in [1.807, 2.05) is 6.07 Å². The maximum Gasteiger partial charge on any atom is 0.326 e. The number of esters is 1. The lowest BCUT2D eigenvalue weighted by Crippen LogP contribution is -2.22. The van der Waals surface area contributed by atoms with Crippen molar-refractivity contribution in [3.8, 4) is 0 Å². The van der Waals surface area contributed by atoms with Gasteiger partial charge < -0.3 is 9.30 Å². The van der Waals surface area contributed by atoms with Gasteiger partial charge in [0.05, 0.1) is 6.61 Å². The van der Waals surface area contributed by atoms with E-state index in [4.69, 9.17) is 4.74 Å². The fourth-order valence-electron chi connectivity index (χ4n) is 1.58. The van der Waals surface area contributed by atoms with Gasteiger partial charge in [0.25, 0.3) is 5.91 Å². The van der Waals surface area contributed by atoms with Crippen LogP contribution in [-0.4, -0.2) is 23.1 Å². The molecule has 0 bridgehead atoms. The van der Waals surface area contributed by atoms with Crippen molar-refractivity contribution in [1.82, 2.24) is 4.57 Å². The van der Waals surface area contributed by atoms with Crippen molar-refractivity contribution < 1.29 is 14.3 Å². The van der Waals surface area contributed by atoms with Crippen LogP contribution in [0.3, 0.4) is 0 Å². The summed E-state index contributed by atoms with van der Waals surface area (Å²) in [5.41, 5.74) is 0.517. The molecule has 1 aromatic carbocycles. The molecule has 0 spiro atoms. The molecule has 2 rings (SSSR count). The largest absolute Gasteiger partial charge is 0.465 e. The zero-order valence-electron chi connectivity index (χ0n) is 11.0. The number of rotatable bonds is 4. The van der Waals surface area contributed by atoms with Gasteiger partial charge in [0.1, 0.15) is 6.54 Å². The average Bonchev–Trinajstić information content (AvgIpc) is 2.87. The van der Waals surface area contributed by atoms with E-state index in [-0.39, 0.29) is 18.4 Å². The van der Waals surface area contributed by atoms with E-state index >= 15 is 0 Å². The smallest absolute Gasteiger partial charge is 0.326 e. The second kappa shape index (κ2) is 6.81. The number of hydrogen-bond donors (Lipinski definition) is 0. The van der Waals surface area contributed by atoms with E-state index in [9.17, 15) is 9.59 Å². The molecule has 0 fully saturated rings. The highest BCUT2D eigenvalue weighted by Crippen LogP contribution is 2.01. The van der Waals surface area contributed by atoms with E-state index in [1.54, 1.807) is 47.3 Å². The zero-order valence-corrected chi connectivity index (χ0v) is 11.8. The summed E-state index contributed by atoms with van der Waals surface area (Å²) in [4.78, 5) is 28.0. The number of nitrogens with zero attached hydrogens (tertiary/aromatic N) is 2. The summed E-state index contributed by atoms with van der Waals surface area (Å²) in [6.07, 6.45) is 1.71. The third kappa shape index (κ3) is 3.64. The van der Waals surface area contributed by atoms with E-state index in [1.165, 1.54) is 11.3 Å². The molecule has 0 aliphatic carbocycles. The standard InChI is InChI=1S/C14H14N2O3S/c1-2-19-12(17)10-16-8-9-20-14(16)15-13(18)11-6-4-3-5-7-11/h3-9H,2,10H2,1H3. The Bertz CT molecular complexity index is 658. The van der Waals surface area contributed by atoms with Gasteiger partial charge in [0, 0.05) is 17.1 Å². The Balaban J connectivity index is 2.21. The molecule has 0 N–H and O–H groups in total. The molecule has 0 saturated carbocycles. The monoisotopic (exact) mass is 290 g/mol. The minimum Gasteiger partial charge on any atom is -0.465 e. The van der Waals surface area contributed by atoms with Crippen molar-refractivity contribution in [1.29, 1.82) is 0 Å². The van der Waals surface area contributed by atoms with Gasteiger partial charge in [-0.2, -0.15) is 4.99 Å². The second-order valence-corrected chi connectivity index (χ2v) is 4.77. The molecule has 20 heavy (non-hydrogen) atoms. The van der Waals surface area contributed by atoms with Crippen molar-refractivity contribution in [3.05, 3.63) is 52.3 Å². The third-order valence-electron chi connectivity index (χ3n) is 2.48. The molecule has 104 valence electrons. The molecule has 0 atom stereocenters. The Morgan fingerprint density at radius 3 is 2.75 bits per heavy atom. The maximum absolute atomic E-state index is 12.0. The molecule has 6 heteroatoms. The minimum absolute atomic E-state index is 0.0538. The number of amides is 1. The highest BCUT2D eigenvalue weighted by Gasteiger charge is 2.07. The van der Waals surface area contributed by atoms with Gasteiger partial charge in [-0.1, -0.05) is 18.2 Å². The fraction of sp³-hybridized carbons (Fsp3) is 0.214. The van der Waals surface area contributed by atoms with Crippen molar-refractivity contribution in [2.75, 3.05) is 6.61 Å². The summed E-state index contributed by atoms with van der Waals surface area (Å²) in [5, 5.41) is 1.77. The number of aromatic nitrogens is 1. The first kappa shape index (κ1) is 14.2. The summed E-state index contributed by atoms with van der Waals surface area (Å²) in [5.74, 6) is -0.676. The molecular weight excluding hydrogens is 276 g/mol. The fourth-order valence-corrected chi connectivity index (χ4v) is 2.31. The van der Waals surface area contributed by atoms with Crippen LogP contribution in [0.5, 0.6) is 0 Å². The Labute approximate surface area is 120 Å². The predicted molar refractivity (Wildman–Crippen MR) is 75.3 cm³/mol. The average molecular weight is 290 g/mol. The molecule has 0 saturated heterocycles. The first-order valence-corrected chi connectivity index (χ1v) is 7.02. The van der Waals surface area contributed by atoms with Crippen molar-refractivity contribution >= 4 is 23.2 Å². The molecule has 5 nitrogen and oxygen atoms in total. The van der Waals surface area contributed by atoms with Gasteiger partial charge in [-0.25, -0.2) is 0 Å². The number of thiazole rings is 1. The summed E-state index contributed by atoms with van der Waals surface area (Å²) >= 11 is 1.30. The van der Waals surface area contributed by atoms with Gasteiger partial charge in [-0.05, 0) is 19.1 Å². The van der Waals surface area contributed by atoms with Crippen LogP contribution < -0.4 is 4.80 Å². The van der Waals surface area contributed by atoms with Crippen LogP contribution in [0.2, 0.25) is 0 Å². The first-order chi connectivity index (χ1) is 9.70. The highest BCUT2D eigenvalue weighted by molar-refractivity contribution is 7.07. The Morgan fingerprint density at radius 1 is 1.30 bits per heavy atom. The van der Waals surface area contributed by atoms with Crippen molar-refractivity contribution in [2.45, 2.75) is 13.5 Å². The quantitative estimate of drug-likeness (QED) is 0.807. The van der Waals surface area contributed by atoms with E-state index in [0.717, 1.165) is 0 Å². The van der Waals surface area contributed by atoms with Gasteiger partial charge >= 0.3 is 5.97 Å². The molecule has 1 heterocycles. The number of hydrogen-bond acceptors (Lipinski definition) is 4. The van der Waals surface area contributed by atoms with Crippen LogP contribution in [0.4, 0.5) is 0 Å². The zero-order chi connectivity index (χ0) is 14.4. The Kier molecular flexibility index (Phi) is 4.84. The molecule has 1 amide bonds. The van der Waals surface area contributed by atoms with Crippen LogP contribution in [-0.2, 0) is 16.1 Å². The van der Waals surface area contributed by atoms with E-state index in [0.29, 0.717) is 17.0 Å². The minimum atomic E-state index is -0.348. The maximum atomic E-state index is 12.0. The molecule has 1 aromatic heterocycles. The number of ether oxygens (including phenoxy) is 1. The molecule has 2 aromatic rings. The SMILES string of the molecule is CCOC(=O)Cn1ccsc1=NC(=O)c1ccccc1. The van der Waals surface area contributed by atoms with Crippen LogP contribution in [0.1, 0.15) is 17.3 Å². The van der Waals surface area contributed by atoms with Crippen LogP contribution >= 0.6 is 11.3 Å². The number of benzene rings is 1. The normalized spacial score (nSPS) is 11.3. The van der Waals surface area contributed by atoms with E-state index in [2.05, 4.69) is 4.99 Å². The molecule has 0 aliphatic heterocycles. The summed E-state index contributed by atoms with van der Waals surface area (Å²) in [7, 11) is 0. The summed E-state index contributed by atoms with van der Waals surface area (Å²) in [6.45, 7) is 2.14. The van der Waals surface area contributed by atoms with Gasteiger partial charge in [0.15, 0.2) is 4.80 Å². The molecule has 0 aliphatic rings. The lowest BCUT2D eigenvalue weighted by atomic mass is 10.2. The van der Waals surface area contributed by atoms with E-state index < -0.39 is 0 Å². The summed E-state index contributed by atoms with van der Waals surface area (Å²) in [6, 6.07) is 8.81. The van der Waals surface area contributed by atoms with Crippen molar-refractivity contribution in [3.63, 3.8) is 0 Å². The van der Waals surface area contributed by atoms with Crippen LogP contribution in [0.25, 0.3) is 0 Å². The third-order valence-corrected chi connectivity index (χ3v) is 3.28. The number of carbonyl (C=O) groups excluding carboxylic acids is 2. The molecular formula is C14H14N2O3S. The number of carbonyl (C=O) groups is 2. The lowest BCUT2D eigenvalue weighted by Gasteiger charge is -2.02.